The molecule has 5 heteroatoms. The number of nitrogen functional groups attached to an aromatic ring is 1. The molecule has 0 amide bonds. The van der Waals surface area contributed by atoms with E-state index in [2.05, 4.69) is 14.7 Å². The molecule has 0 spiro atoms. The monoisotopic (exact) mass is 190 g/mol. The molecular formula is C8H12N4O. The Morgan fingerprint density at radius 3 is 3.00 bits per heavy atom. The van der Waals surface area contributed by atoms with Crippen molar-refractivity contribution in [3.8, 4) is 0 Å². The van der Waals surface area contributed by atoms with E-state index >= 15 is 0 Å². The third-order valence-corrected chi connectivity index (χ3v) is 1.18. The van der Waals surface area contributed by atoms with Gasteiger partial charge >= 0.3 is 0 Å². The molecule has 1 aliphatic heterocycles. The number of morpholine rings is 1. The van der Waals surface area contributed by atoms with Gasteiger partial charge < -0.3 is 15.4 Å². The molecule has 2 N–H and O–H groups in total. The molecule has 5 nitrogen and oxygen atoms in total. The molecule has 1 fully saturated rings. The van der Waals surface area contributed by atoms with E-state index in [-0.39, 0.29) is 4.90 Å². The molecule has 70 valence electrons. The summed E-state index contributed by atoms with van der Waals surface area (Å²) in [6, 6.07) is 0. The van der Waals surface area contributed by atoms with Crippen LogP contribution >= 0.6 is 0 Å². The Bertz CT molecular complexity index is 624. The molecule has 1 aromatic heterocycles. The molecule has 0 radical (unpaired) electrons. The Labute approximate surface area is 90.6 Å². The first-order valence-corrected chi connectivity index (χ1v) is 3.26. The molecule has 1 aromatic rings. The number of hydrogen-bond acceptors (Lipinski definition) is 5. The number of nitrogens with two attached hydrogens (primary N) is 1. The van der Waals surface area contributed by atoms with Gasteiger partial charge in [0, 0.05) is 13.0 Å². The Kier molecular flexibility index (Phi) is 0.706. The van der Waals surface area contributed by atoms with Crippen molar-refractivity contribution in [1.82, 2.24) is 9.97 Å². The van der Waals surface area contributed by atoms with Crippen LogP contribution in [0.1, 0.15) is 13.7 Å². The summed E-state index contributed by atoms with van der Waals surface area (Å²) in [4.78, 5) is 6.86. The second-order valence-corrected chi connectivity index (χ2v) is 2.02. The normalized spacial score (nSPS) is 44.2. The van der Waals surface area contributed by atoms with Crippen LogP contribution in [0.5, 0.6) is 0 Å². The highest BCUT2D eigenvalue weighted by Gasteiger charge is 2.11. The fraction of sp³-hybridized carbons (Fsp3) is 0.500. The Hall–Kier alpha value is -1.36. The van der Waals surface area contributed by atoms with Crippen LogP contribution in [0, 0.1) is 0 Å². The molecule has 0 bridgehead atoms. The minimum atomic E-state index is -3.28. The summed E-state index contributed by atoms with van der Waals surface area (Å²) in [5.41, 5.74) is 5.30. The predicted molar refractivity (Wildman–Crippen MR) is 49.5 cm³/mol. The molecule has 2 rings (SSSR count). The maximum absolute atomic E-state index is 7.82. The lowest BCUT2D eigenvalue weighted by Crippen LogP contribution is -2.36. The lowest BCUT2D eigenvalue weighted by Gasteiger charge is -2.27. The van der Waals surface area contributed by atoms with E-state index in [4.69, 9.17) is 19.4 Å². The average molecular weight is 190 g/mol. The van der Waals surface area contributed by atoms with Crippen molar-refractivity contribution >= 4 is 11.6 Å². The topological polar surface area (TPSA) is 64.3 Å². The number of rotatable bonds is 1. The number of nitrogens with zero attached hydrogens (tertiary/aromatic N) is 3. The Morgan fingerprint density at radius 2 is 2.23 bits per heavy atom. The number of anilines is 2. The van der Waals surface area contributed by atoms with Crippen LogP contribution < -0.4 is 10.6 Å². The molecule has 0 aromatic carbocycles. The molecule has 0 unspecified atom stereocenters. The van der Waals surface area contributed by atoms with Gasteiger partial charge in [0.2, 0.25) is 0 Å². The zero-order chi connectivity index (χ0) is 18.0. The van der Waals surface area contributed by atoms with Gasteiger partial charge in [-0.3, -0.25) is 0 Å². The zero-order valence-electron chi connectivity index (χ0n) is 16.3. The van der Waals surface area contributed by atoms with Crippen molar-refractivity contribution in [2.75, 3.05) is 36.7 Å². The SMILES string of the molecule is [2H]c1nc(N2C([2H])([2H])C([2H])([2H])OC([2H])([2H])C2([2H])[2H])c([2H])nc1N. The molecule has 1 aliphatic rings. The van der Waals surface area contributed by atoms with E-state index in [9.17, 15) is 0 Å². The standard InChI is InChI=1S/C8H12N4O/c9-7-5-11-8(6-10-7)12-1-3-13-4-2-12/h5-6H,1-4H2,(H2,9,10)/i1D2,2D2,3D2,4D2,5D,6D. The van der Waals surface area contributed by atoms with Crippen molar-refractivity contribution < 1.29 is 18.4 Å². The quantitative estimate of drug-likeness (QED) is 0.669. The molecule has 1 saturated heterocycles. The average Bonchev–Trinajstić information content (AvgIpc) is 2.32. The van der Waals surface area contributed by atoms with Crippen LogP contribution in [0.15, 0.2) is 12.3 Å². The van der Waals surface area contributed by atoms with Gasteiger partial charge in [-0.2, -0.15) is 0 Å². The smallest absolute Gasteiger partial charge is 0.147 e. The van der Waals surface area contributed by atoms with Crippen LogP contribution in [0.25, 0.3) is 0 Å². The number of hydrogen-bond donors (Lipinski definition) is 1. The summed E-state index contributed by atoms with van der Waals surface area (Å²) < 4.78 is 80.9. The summed E-state index contributed by atoms with van der Waals surface area (Å²) in [6.07, 6.45) is -1.52. The van der Waals surface area contributed by atoms with Crippen LogP contribution in [0.3, 0.4) is 0 Å². The highest BCUT2D eigenvalue weighted by molar-refractivity contribution is 5.39. The highest BCUT2D eigenvalue weighted by Crippen LogP contribution is 2.10. The van der Waals surface area contributed by atoms with Crippen molar-refractivity contribution in [2.45, 2.75) is 0 Å². The molecule has 0 atom stereocenters. The van der Waals surface area contributed by atoms with E-state index in [0.29, 0.717) is 0 Å². The zero-order valence-corrected chi connectivity index (χ0v) is 6.33. The van der Waals surface area contributed by atoms with Crippen molar-refractivity contribution in [3.05, 3.63) is 12.3 Å². The second kappa shape index (κ2) is 3.57. The summed E-state index contributed by atoms with van der Waals surface area (Å²) in [5.74, 6) is -1.32. The molecular weight excluding hydrogens is 168 g/mol. The van der Waals surface area contributed by atoms with Crippen LogP contribution in [0.2, 0.25) is 0 Å². The van der Waals surface area contributed by atoms with Crippen molar-refractivity contribution in [2.24, 2.45) is 0 Å². The van der Waals surface area contributed by atoms with Gasteiger partial charge in [0.05, 0.1) is 39.2 Å². The van der Waals surface area contributed by atoms with Gasteiger partial charge in [-0.15, -0.1) is 0 Å². The first kappa shape index (κ1) is 2.57. The highest BCUT2D eigenvalue weighted by atomic mass is 16.5. The fourth-order valence-corrected chi connectivity index (χ4v) is 0.667. The summed E-state index contributed by atoms with van der Waals surface area (Å²) in [7, 11) is 0. The van der Waals surface area contributed by atoms with Crippen molar-refractivity contribution in [1.29, 1.82) is 0 Å². The minimum absolute atomic E-state index is 0.0175. The van der Waals surface area contributed by atoms with Gasteiger partial charge in [0.25, 0.3) is 0 Å². The Balaban J connectivity index is 2.77. The van der Waals surface area contributed by atoms with Gasteiger partial charge in [-0.05, 0) is 0 Å². The van der Waals surface area contributed by atoms with Crippen LogP contribution in [-0.4, -0.2) is 36.1 Å². The summed E-state index contributed by atoms with van der Waals surface area (Å²) in [5, 5.41) is 0. The van der Waals surface area contributed by atoms with Crippen LogP contribution in [0.4, 0.5) is 11.6 Å². The maximum atomic E-state index is 7.82. The number of aromatic nitrogens is 2. The van der Waals surface area contributed by atoms with Gasteiger partial charge in [0.15, 0.2) is 0 Å². The van der Waals surface area contributed by atoms with Crippen LogP contribution in [-0.2, 0) is 4.74 Å². The molecule has 0 aliphatic carbocycles. The summed E-state index contributed by atoms with van der Waals surface area (Å²) in [6.45, 7) is -13.1. The van der Waals surface area contributed by atoms with E-state index in [1.165, 1.54) is 0 Å². The largest absolute Gasteiger partial charge is 0.382 e. The third kappa shape index (κ3) is 1.86. The number of ether oxygens (including phenoxy) is 1. The second-order valence-electron chi connectivity index (χ2n) is 2.02. The maximum Gasteiger partial charge on any atom is 0.147 e. The van der Waals surface area contributed by atoms with Crippen molar-refractivity contribution in [3.63, 3.8) is 0 Å². The molecule has 0 saturated carbocycles. The van der Waals surface area contributed by atoms with E-state index in [1.54, 1.807) is 0 Å². The van der Waals surface area contributed by atoms with Gasteiger partial charge in [-0.1, -0.05) is 0 Å². The first-order valence-electron chi connectivity index (χ1n) is 8.26. The fourth-order valence-electron chi connectivity index (χ4n) is 0.667. The van der Waals surface area contributed by atoms with E-state index in [0.717, 1.165) is 0 Å². The minimum Gasteiger partial charge on any atom is -0.382 e. The lowest BCUT2D eigenvalue weighted by molar-refractivity contribution is 0.122. The summed E-state index contributed by atoms with van der Waals surface area (Å²) >= 11 is 0. The molecule has 2 heterocycles. The van der Waals surface area contributed by atoms with Gasteiger partial charge in [0.1, 0.15) is 11.6 Å². The lowest BCUT2D eigenvalue weighted by atomic mass is 10.4. The van der Waals surface area contributed by atoms with E-state index < -0.39 is 50.1 Å². The molecule has 13 heavy (non-hydrogen) atoms. The first-order chi connectivity index (χ1) is 10.1. The van der Waals surface area contributed by atoms with E-state index in [1.807, 2.05) is 0 Å². The third-order valence-electron chi connectivity index (χ3n) is 1.18. The predicted octanol–water partition coefficient (Wildman–Crippen LogP) is -0.105. The van der Waals surface area contributed by atoms with Gasteiger partial charge in [-0.25, -0.2) is 9.97 Å². The Morgan fingerprint density at radius 1 is 1.46 bits per heavy atom.